The molecule has 1 atom stereocenters. The zero-order chi connectivity index (χ0) is 12.4. The molecule has 0 radical (unpaired) electrons. The molecule has 1 fully saturated rings. The second kappa shape index (κ2) is 5.13. The van der Waals surface area contributed by atoms with Crippen molar-refractivity contribution in [3.05, 3.63) is 34.9 Å². The van der Waals surface area contributed by atoms with Crippen LogP contribution in [0.1, 0.15) is 49.3 Å². The lowest BCUT2D eigenvalue weighted by atomic mass is 9.93. The lowest BCUT2D eigenvalue weighted by Crippen LogP contribution is -2.16. The summed E-state index contributed by atoms with van der Waals surface area (Å²) in [5.41, 5.74) is 6.64. The molecule has 2 rings (SSSR count). The molecule has 94 valence electrons. The van der Waals surface area contributed by atoms with Crippen LogP contribution >= 0.6 is 0 Å². The molecule has 0 aromatic heterocycles. The summed E-state index contributed by atoms with van der Waals surface area (Å²) in [6.45, 7) is 1.56. The summed E-state index contributed by atoms with van der Waals surface area (Å²) >= 11 is 0. The zero-order valence-electron chi connectivity index (χ0n) is 10.2. The second-order valence-electron chi connectivity index (χ2n) is 5.09. The van der Waals surface area contributed by atoms with Crippen LogP contribution in [0.5, 0.6) is 0 Å². The highest BCUT2D eigenvalue weighted by atomic mass is 19.2. The van der Waals surface area contributed by atoms with Gasteiger partial charge in [0.1, 0.15) is 0 Å². The minimum atomic E-state index is -0.768. The van der Waals surface area contributed by atoms with Gasteiger partial charge in [-0.15, -0.1) is 0 Å². The molecule has 0 amide bonds. The van der Waals surface area contributed by atoms with Crippen molar-refractivity contribution in [3.63, 3.8) is 0 Å². The predicted octanol–water partition coefficient (Wildman–Crippen LogP) is 3.85. The van der Waals surface area contributed by atoms with Gasteiger partial charge in [0.25, 0.3) is 0 Å². The van der Waals surface area contributed by atoms with E-state index in [0.717, 1.165) is 6.42 Å². The Hall–Kier alpha value is -0.960. The third kappa shape index (κ3) is 2.65. The van der Waals surface area contributed by atoms with Gasteiger partial charge in [-0.2, -0.15) is 0 Å². The van der Waals surface area contributed by atoms with Crippen LogP contribution in [0.4, 0.5) is 8.78 Å². The minimum absolute atomic E-state index is 0.319. The molecule has 1 aromatic rings. The summed E-state index contributed by atoms with van der Waals surface area (Å²) in [6, 6.07) is 2.84. The fourth-order valence-electron chi connectivity index (χ4n) is 2.68. The Balaban J connectivity index is 2.13. The van der Waals surface area contributed by atoms with Crippen molar-refractivity contribution in [1.29, 1.82) is 0 Å². The number of rotatable bonds is 3. The Morgan fingerprint density at radius 3 is 2.53 bits per heavy atom. The van der Waals surface area contributed by atoms with Crippen LogP contribution in [0, 0.1) is 24.5 Å². The molecule has 3 heteroatoms. The van der Waals surface area contributed by atoms with E-state index in [1.54, 1.807) is 19.1 Å². The van der Waals surface area contributed by atoms with Crippen molar-refractivity contribution in [1.82, 2.24) is 0 Å². The third-order valence-corrected chi connectivity index (χ3v) is 3.77. The Morgan fingerprint density at radius 1 is 1.24 bits per heavy atom. The maximum Gasteiger partial charge on any atom is 0.163 e. The van der Waals surface area contributed by atoms with E-state index in [0.29, 0.717) is 17.0 Å². The van der Waals surface area contributed by atoms with Gasteiger partial charge in [0.05, 0.1) is 0 Å². The lowest BCUT2D eigenvalue weighted by Gasteiger charge is -2.17. The van der Waals surface area contributed by atoms with Crippen LogP contribution in [0.2, 0.25) is 0 Å². The second-order valence-corrected chi connectivity index (χ2v) is 5.09. The van der Waals surface area contributed by atoms with Crippen molar-refractivity contribution in [3.8, 4) is 0 Å². The van der Waals surface area contributed by atoms with Crippen molar-refractivity contribution >= 4 is 0 Å². The molecule has 17 heavy (non-hydrogen) atoms. The van der Waals surface area contributed by atoms with Crippen molar-refractivity contribution in [2.45, 2.75) is 45.1 Å². The first-order valence-corrected chi connectivity index (χ1v) is 6.29. The summed E-state index contributed by atoms with van der Waals surface area (Å²) < 4.78 is 27.2. The molecule has 1 saturated carbocycles. The van der Waals surface area contributed by atoms with E-state index in [1.165, 1.54) is 25.7 Å². The van der Waals surface area contributed by atoms with E-state index in [2.05, 4.69) is 0 Å². The largest absolute Gasteiger partial charge is 0.324 e. The molecule has 0 saturated heterocycles. The number of aryl methyl sites for hydroxylation is 1. The summed E-state index contributed by atoms with van der Waals surface area (Å²) in [5.74, 6) is -0.950. The van der Waals surface area contributed by atoms with Crippen LogP contribution < -0.4 is 5.73 Å². The minimum Gasteiger partial charge on any atom is -0.324 e. The predicted molar refractivity (Wildman–Crippen MR) is 64.6 cm³/mol. The van der Waals surface area contributed by atoms with E-state index in [1.807, 2.05) is 0 Å². The molecule has 1 aliphatic carbocycles. The van der Waals surface area contributed by atoms with Gasteiger partial charge in [0.2, 0.25) is 0 Å². The van der Waals surface area contributed by atoms with E-state index in [9.17, 15) is 8.78 Å². The number of hydrogen-bond acceptors (Lipinski definition) is 1. The van der Waals surface area contributed by atoms with Gasteiger partial charge < -0.3 is 5.73 Å². The molecule has 0 aliphatic heterocycles. The van der Waals surface area contributed by atoms with Crippen molar-refractivity contribution in [2.75, 3.05) is 0 Å². The summed E-state index contributed by atoms with van der Waals surface area (Å²) in [6.07, 6.45) is 5.58. The van der Waals surface area contributed by atoms with Gasteiger partial charge in [0.15, 0.2) is 11.6 Å². The van der Waals surface area contributed by atoms with Crippen molar-refractivity contribution < 1.29 is 8.78 Å². The highest BCUT2D eigenvalue weighted by Crippen LogP contribution is 2.33. The SMILES string of the molecule is Cc1ccc(C(N)CC2CCCC2)c(F)c1F. The fraction of sp³-hybridized carbons (Fsp3) is 0.571. The molecule has 0 heterocycles. The van der Waals surface area contributed by atoms with Gasteiger partial charge in [0, 0.05) is 11.6 Å². The average molecular weight is 239 g/mol. The van der Waals surface area contributed by atoms with E-state index >= 15 is 0 Å². The normalized spacial score (nSPS) is 18.6. The quantitative estimate of drug-likeness (QED) is 0.851. The Morgan fingerprint density at radius 2 is 1.88 bits per heavy atom. The van der Waals surface area contributed by atoms with Crippen LogP contribution in [-0.2, 0) is 0 Å². The van der Waals surface area contributed by atoms with Gasteiger partial charge in [-0.1, -0.05) is 37.8 Å². The molecule has 1 aromatic carbocycles. The maximum atomic E-state index is 13.7. The van der Waals surface area contributed by atoms with Crippen LogP contribution in [0.15, 0.2) is 12.1 Å². The lowest BCUT2D eigenvalue weighted by molar-refractivity contribution is 0.427. The number of benzene rings is 1. The number of nitrogens with two attached hydrogens (primary N) is 1. The molecule has 0 bridgehead atoms. The first kappa shape index (κ1) is 12.5. The van der Waals surface area contributed by atoms with Crippen LogP contribution in [0.25, 0.3) is 0 Å². The molecule has 2 N–H and O–H groups in total. The van der Waals surface area contributed by atoms with Gasteiger partial charge in [-0.25, -0.2) is 8.78 Å². The number of halogens is 2. The molecular weight excluding hydrogens is 220 g/mol. The molecule has 1 nitrogen and oxygen atoms in total. The molecule has 1 unspecified atom stereocenters. The van der Waals surface area contributed by atoms with E-state index in [-0.39, 0.29) is 6.04 Å². The summed E-state index contributed by atoms with van der Waals surface area (Å²) in [7, 11) is 0. The third-order valence-electron chi connectivity index (χ3n) is 3.77. The highest BCUT2D eigenvalue weighted by Gasteiger charge is 2.22. The molecule has 1 aliphatic rings. The van der Waals surface area contributed by atoms with Gasteiger partial charge in [-0.05, 0) is 24.8 Å². The Bertz CT molecular complexity index is 397. The van der Waals surface area contributed by atoms with Crippen LogP contribution in [-0.4, -0.2) is 0 Å². The first-order chi connectivity index (χ1) is 8.09. The first-order valence-electron chi connectivity index (χ1n) is 6.29. The van der Waals surface area contributed by atoms with Crippen LogP contribution in [0.3, 0.4) is 0 Å². The smallest absolute Gasteiger partial charge is 0.163 e. The van der Waals surface area contributed by atoms with E-state index in [4.69, 9.17) is 5.73 Å². The zero-order valence-corrected chi connectivity index (χ0v) is 10.2. The number of hydrogen-bond donors (Lipinski definition) is 1. The molecule has 0 spiro atoms. The highest BCUT2D eigenvalue weighted by molar-refractivity contribution is 5.27. The van der Waals surface area contributed by atoms with E-state index < -0.39 is 11.6 Å². The van der Waals surface area contributed by atoms with Gasteiger partial charge in [-0.3, -0.25) is 0 Å². The Labute approximate surface area is 101 Å². The molecular formula is C14H19F2N. The maximum absolute atomic E-state index is 13.7. The van der Waals surface area contributed by atoms with Crippen molar-refractivity contribution in [2.24, 2.45) is 11.7 Å². The fourth-order valence-corrected chi connectivity index (χ4v) is 2.68. The Kier molecular flexibility index (Phi) is 3.77. The monoisotopic (exact) mass is 239 g/mol. The standard InChI is InChI=1S/C14H19F2N/c1-9-6-7-11(14(16)13(9)15)12(17)8-10-4-2-3-5-10/h6-7,10,12H,2-5,8,17H2,1H3. The topological polar surface area (TPSA) is 26.0 Å². The summed E-state index contributed by atoms with van der Waals surface area (Å²) in [5, 5.41) is 0. The summed E-state index contributed by atoms with van der Waals surface area (Å²) in [4.78, 5) is 0. The van der Waals surface area contributed by atoms with Gasteiger partial charge >= 0.3 is 0 Å². The average Bonchev–Trinajstić information content (AvgIpc) is 2.78.